The number of halogens is 1. The highest BCUT2D eigenvalue weighted by atomic mass is 79.9. The van der Waals surface area contributed by atoms with Gasteiger partial charge in [-0.2, -0.15) is 0 Å². The average molecular weight is 321 g/mol. The van der Waals surface area contributed by atoms with Crippen LogP contribution in [0.1, 0.15) is 17.2 Å². The van der Waals surface area contributed by atoms with Gasteiger partial charge in [0.05, 0.1) is 7.11 Å². The Morgan fingerprint density at radius 2 is 2.05 bits per heavy atom. The Labute approximate surface area is 122 Å². The largest absolute Gasteiger partial charge is 0.481 e. The summed E-state index contributed by atoms with van der Waals surface area (Å²) in [5, 5.41) is 3.33. The van der Waals surface area contributed by atoms with E-state index in [2.05, 4.69) is 38.4 Å². The highest BCUT2D eigenvalue weighted by Crippen LogP contribution is 2.27. The Bertz CT molecular complexity index is 545. The van der Waals surface area contributed by atoms with E-state index < -0.39 is 0 Å². The normalized spacial score (nSPS) is 12.2. The van der Waals surface area contributed by atoms with Crippen molar-refractivity contribution >= 4 is 15.9 Å². The lowest BCUT2D eigenvalue weighted by Crippen LogP contribution is -2.20. The van der Waals surface area contributed by atoms with Gasteiger partial charge in [-0.1, -0.05) is 40.2 Å². The number of pyridine rings is 1. The summed E-state index contributed by atoms with van der Waals surface area (Å²) in [5.41, 5.74) is 2.33. The molecule has 0 aliphatic rings. The van der Waals surface area contributed by atoms with Crippen molar-refractivity contribution in [2.45, 2.75) is 12.5 Å². The topological polar surface area (TPSA) is 34.2 Å². The molecule has 1 aromatic heterocycles. The van der Waals surface area contributed by atoms with Gasteiger partial charge in [0, 0.05) is 22.3 Å². The first-order valence-electron chi connectivity index (χ1n) is 6.16. The van der Waals surface area contributed by atoms with Crippen molar-refractivity contribution in [2.75, 3.05) is 14.2 Å². The Kier molecular flexibility index (Phi) is 4.93. The monoisotopic (exact) mass is 320 g/mol. The van der Waals surface area contributed by atoms with Crippen molar-refractivity contribution in [3.8, 4) is 5.88 Å². The zero-order chi connectivity index (χ0) is 13.7. The first-order valence-corrected chi connectivity index (χ1v) is 6.95. The molecular formula is C15H17BrN2O. The molecule has 4 heteroatoms. The van der Waals surface area contributed by atoms with Crippen LogP contribution in [0.2, 0.25) is 0 Å². The summed E-state index contributed by atoms with van der Waals surface area (Å²) in [6.07, 6.45) is 2.62. The summed E-state index contributed by atoms with van der Waals surface area (Å²) in [7, 11) is 3.60. The Morgan fingerprint density at radius 3 is 2.74 bits per heavy atom. The minimum atomic E-state index is 0.169. The van der Waals surface area contributed by atoms with Crippen molar-refractivity contribution in [3.63, 3.8) is 0 Å². The predicted molar refractivity (Wildman–Crippen MR) is 80.4 cm³/mol. The second kappa shape index (κ2) is 6.68. The van der Waals surface area contributed by atoms with E-state index in [1.807, 2.05) is 31.3 Å². The molecule has 1 heterocycles. The summed E-state index contributed by atoms with van der Waals surface area (Å²) < 4.78 is 6.46. The molecule has 1 atom stereocenters. The molecule has 0 bridgehead atoms. The molecule has 0 spiro atoms. The first-order chi connectivity index (χ1) is 9.26. The fourth-order valence-electron chi connectivity index (χ4n) is 2.09. The van der Waals surface area contributed by atoms with Gasteiger partial charge in [0.1, 0.15) is 0 Å². The average Bonchev–Trinajstić information content (AvgIpc) is 2.46. The van der Waals surface area contributed by atoms with Crippen molar-refractivity contribution in [2.24, 2.45) is 0 Å². The van der Waals surface area contributed by atoms with Crippen LogP contribution in [0.4, 0.5) is 0 Å². The summed E-state index contributed by atoms with van der Waals surface area (Å²) in [6.45, 7) is 0. The van der Waals surface area contributed by atoms with E-state index in [4.69, 9.17) is 4.74 Å². The number of nitrogens with one attached hydrogen (secondary N) is 1. The van der Waals surface area contributed by atoms with Crippen LogP contribution in [0.15, 0.2) is 47.1 Å². The Hall–Kier alpha value is -1.39. The van der Waals surface area contributed by atoms with Gasteiger partial charge in [-0.05, 0) is 31.2 Å². The molecule has 0 saturated carbocycles. The standard InChI is InChI=1S/C15H17BrN2O/c1-17-14(10-11-6-3-4-8-13(11)16)12-7-5-9-18-15(12)19-2/h3-9,14,17H,10H2,1-2H3. The Morgan fingerprint density at radius 1 is 1.26 bits per heavy atom. The zero-order valence-corrected chi connectivity index (χ0v) is 12.6. The smallest absolute Gasteiger partial charge is 0.217 e. The molecular weight excluding hydrogens is 304 g/mol. The number of benzene rings is 1. The minimum Gasteiger partial charge on any atom is -0.481 e. The number of hydrogen-bond donors (Lipinski definition) is 1. The predicted octanol–water partition coefficient (Wildman–Crippen LogP) is 3.36. The lowest BCUT2D eigenvalue weighted by atomic mass is 10.00. The molecule has 1 N–H and O–H groups in total. The fourth-order valence-corrected chi connectivity index (χ4v) is 2.54. The van der Waals surface area contributed by atoms with Gasteiger partial charge in [-0.25, -0.2) is 4.98 Å². The van der Waals surface area contributed by atoms with Crippen LogP contribution in [0.5, 0.6) is 5.88 Å². The summed E-state index contributed by atoms with van der Waals surface area (Å²) in [6, 6.07) is 12.4. The molecule has 2 aromatic rings. The molecule has 0 aliphatic carbocycles. The maximum absolute atomic E-state index is 5.33. The van der Waals surface area contributed by atoms with E-state index in [9.17, 15) is 0 Å². The van der Waals surface area contributed by atoms with Crippen LogP contribution in [-0.2, 0) is 6.42 Å². The van der Waals surface area contributed by atoms with Crippen molar-refractivity contribution < 1.29 is 4.74 Å². The van der Waals surface area contributed by atoms with Gasteiger partial charge >= 0.3 is 0 Å². The summed E-state index contributed by atoms with van der Waals surface area (Å²) in [5.74, 6) is 0.675. The third kappa shape index (κ3) is 3.33. The number of ether oxygens (including phenoxy) is 1. The number of nitrogens with zero attached hydrogens (tertiary/aromatic N) is 1. The summed E-state index contributed by atoms with van der Waals surface area (Å²) in [4.78, 5) is 4.26. The number of aromatic nitrogens is 1. The molecule has 2 rings (SSSR count). The van der Waals surface area contributed by atoms with Crippen LogP contribution in [0.3, 0.4) is 0 Å². The van der Waals surface area contributed by atoms with Crippen LogP contribution in [0.25, 0.3) is 0 Å². The van der Waals surface area contributed by atoms with Crippen molar-refractivity contribution in [3.05, 3.63) is 58.2 Å². The van der Waals surface area contributed by atoms with Crippen LogP contribution in [-0.4, -0.2) is 19.1 Å². The van der Waals surface area contributed by atoms with E-state index in [1.54, 1.807) is 13.3 Å². The van der Waals surface area contributed by atoms with Crippen molar-refractivity contribution in [1.29, 1.82) is 0 Å². The fraction of sp³-hybridized carbons (Fsp3) is 0.267. The molecule has 100 valence electrons. The molecule has 0 aliphatic heterocycles. The maximum Gasteiger partial charge on any atom is 0.217 e. The number of hydrogen-bond acceptors (Lipinski definition) is 3. The van der Waals surface area contributed by atoms with Gasteiger partial charge in [0.2, 0.25) is 5.88 Å². The second-order valence-corrected chi connectivity index (χ2v) is 5.09. The highest BCUT2D eigenvalue weighted by molar-refractivity contribution is 9.10. The molecule has 0 radical (unpaired) electrons. The quantitative estimate of drug-likeness (QED) is 0.917. The molecule has 19 heavy (non-hydrogen) atoms. The van der Waals surface area contributed by atoms with Gasteiger partial charge in [0.25, 0.3) is 0 Å². The third-order valence-corrected chi connectivity index (χ3v) is 3.87. The van der Waals surface area contributed by atoms with Gasteiger partial charge in [0.15, 0.2) is 0 Å². The van der Waals surface area contributed by atoms with Gasteiger partial charge in [-0.15, -0.1) is 0 Å². The maximum atomic E-state index is 5.33. The second-order valence-electron chi connectivity index (χ2n) is 4.24. The van der Waals surface area contributed by atoms with Crippen LogP contribution < -0.4 is 10.1 Å². The zero-order valence-electron chi connectivity index (χ0n) is 11.1. The Balaban J connectivity index is 2.28. The number of rotatable bonds is 5. The van der Waals surface area contributed by atoms with E-state index in [0.717, 1.165) is 16.5 Å². The van der Waals surface area contributed by atoms with Crippen molar-refractivity contribution in [1.82, 2.24) is 10.3 Å². The van der Waals surface area contributed by atoms with Crippen LogP contribution >= 0.6 is 15.9 Å². The van der Waals surface area contributed by atoms with E-state index in [-0.39, 0.29) is 6.04 Å². The van der Waals surface area contributed by atoms with Crippen LogP contribution in [0, 0.1) is 0 Å². The molecule has 0 saturated heterocycles. The molecule has 1 unspecified atom stereocenters. The van der Waals surface area contributed by atoms with E-state index in [0.29, 0.717) is 5.88 Å². The number of methoxy groups -OCH3 is 1. The lowest BCUT2D eigenvalue weighted by molar-refractivity contribution is 0.384. The van der Waals surface area contributed by atoms with E-state index >= 15 is 0 Å². The highest BCUT2D eigenvalue weighted by Gasteiger charge is 2.16. The number of likely N-dealkylation sites (N-methyl/N-ethyl adjacent to an activating group) is 1. The molecule has 1 aromatic carbocycles. The molecule has 0 fully saturated rings. The third-order valence-electron chi connectivity index (χ3n) is 3.10. The van der Waals surface area contributed by atoms with Gasteiger partial charge < -0.3 is 10.1 Å². The summed E-state index contributed by atoms with van der Waals surface area (Å²) >= 11 is 3.59. The first kappa shape index (κ1) is 14.0. The lowest BCUT2D eigenvalue weighted by Gasteiger charge is -2.19. The molecule has 0 amide bonds. The SMILES string of the molecule is CNC(Cc1ccccc1Br)c1cccnc1OC. The molecule has 3 nitrogen and oxygen atoms in total. The minimum absolute atomic E-state index is 0.169. The van der Waals surface area contributed by atoms with E-state index in [1.165, 1.54) is 5.56 Å². The van der Waals surface area contributed by atoms with Gasteiger partial charge in [-0.3, -0.25) is 0 Å².